The van der Waals surface area contributed by atoms with Gasteiger partial charge in [-0.15, -0.1) is 0 Å². The molecule has 0 bridgehead atoms. The number of aromatic nitrogens is 4. The molecule has 0 unspecified atom stereocenters. The lowest BCUT2D eigenvalue weighted by molar-refractivity contribution is 0.324. The number of nitrogens with zero attached hydrogens (tertiary/aromatic N) is 4. The van der Waals surface area contributed by atoms with Gasteiger partial charge >= 0.3 is 0 Å². The van der Waals surface area contributed by atoms with Gasteiger partial charge in [-0.25, -0.2) is 14.4 Å². The Morgan fingerprint density at radius 1 is 0.931 bits per heavy atom. The molecule has 2 aromatic heterocycles. The van der Waals surface area contributed by atoms with Gasteiger partial charge in [-0.3, -0.25) is 4.57 Å². The van der Waals surface area contributed by atoms with E-state index in [1.165, 1.54) is 25.6 Å². The molecule has 9 heteroatoms. The summed E-state index contributed by atoms with van der Waals surface area (Å²) in [6, 6.07) is 9.90. The zero-order valence-corrected chi connectivity index (χ0v) is 16.0. The first kappa shape index (κ1) is 18.5. The van der Waals surface area contributed by atoms with E-state index in [9.17, 15) is 4.39 Å². The van der Waals surface area contributed by atoms with Crippen molar-refractivity contribution in [3.05, 3.63) is 54.7 Å². The number of rotatable bonds is 6. The summed E-state index contributed by atoms with van der Waals surface area (Å²) >= 11 is 0. The van der Waals surface area contributed by atoms with Crippen LogP contribution in [0.5, 0.6) is 17.2 Å². The Bertz CT molecular complexity index is 1150. The highest BCUT2D eigenvalue weighted by atomic mass is 19.1. The van der Waals surface area contributed by atoms with Crippen LogP contribution in [0.3, 0.4) is 0 Å². The van der Waals surface area contributed by atoms with Crippen molar-refractivity contribution in [2.24, 2.45) is 0 Å². The lowest BCUT2D eigenvalue weighted by Gasteiger charge is -2.14. The number of hydrogen-bond donors (Lipinski definition) is 1. The summed E-state index contributed by atoms with van der Waals surface area (Å²) in [7, 11) is 4.62. The van der Waals surface area contributed by atoms with Gasteiger partial charge in [-0.2, -0.15) is 4.98 Å². The van der Waals surface area contributed by atoms with E-state index in [1.807, 2.05) is 6.07 Å². The molecule has 0 aliphatic heterocycles. The number of ether oxygens (including phenoxy) is 3. The summed E-state index contributed by atoms with van der Waals surface area (Å²) in [4.78, 5) is 12.8. The van der Waals surface area contributed by atoms with Crippen LogP contribution < -0.4 is 19.5 Å². The van der Waals surface area contributed by atoms with Crippen molar-refractivity contribution in [3.63, 3.8) is 0 Å². The van der Waals surface area contributed by atoms with Gasteiger partial charge in [0.05, 0.1) is 26.8 Å². The Balaban J connectivity index is 1.70. The number of fused-ring (bicyclic) bond motifs is 1. The Hall–Kier alpha value is -3.88. The fraction of sp³-hybridized carbons (Fsp3) is 0.150. The molecule has 0 aliphatic carbocycles. The zero-order chi connectivity index (χ0) is 20.4. The first-order valence-electron chi connectivity index (χ1n) is 8.66. The van der Waals surface area contributed by atoms with E-state index in [0.717, 1.165) is 5.39 Å². The quantitative estimate of drug-likeness (QED) is 0.533. The molecule has 2 heterocycles. The normalized spacial score (nSPS) is 10.8. The maximum atomic E-state index is 13.7. The van der Waals surface area contributed by atoms with E-state index in [2.05, 4.69) is 20.3 Å². The van der Waals surface area contributed by atoms with Crippen molar-refractivity contribution >= 4 is 22.5 Å². The summed E-state index contributed by atoms with van der Waals surface area (Å²) in [6.45, 7) is 0. The van der Waals surface area contributed by atoms with Gasteiger partial charge in [0.2, 0.25) is 17.6 Å². The van der Waals surface area contributed by atoms with Gasteiger partial charge in [-0.05, 0) is 24.3 Å². The van der Waals surface area contributed by atoms with Gasteiger partial charge in [0.15, 0.2) is 11.5 Å². The molecule has 29 heavy (non-hydrogen) atoms. The van der Waals surface area contributed by atoms with E-state index in [-0.39, 0.29) is 5.82 Å². The molecule has 0 radical (unpaired) electrons. The largest absolute Gasteiger partial charge is 0.493 e. The lowest BCUT2D eigenvalue weighted by atomic mass is 10.2. The van der Waals surface area contributed by atoms with E-state index in [1.54, 1.807) is 43.2 Å². The van der Waals surface area contributed by atoms with Crippen LogP contribution in [0.25, 0.3) is 16.9 Å². The number of methoxy groups -OCH3 is 3. The smallest absolute Gasteiger partial charge is 0.238 e. The predicted molar refractivity (Wildman–Crippen MR) is 106 cm³/mol. The number of nitrogens with one attached hydrogen (secondary N) is 1. The summed E-state index contributed by atoms with van der Waals surface area (Å²) in [5.41, 5.74) is 1.30. The molecule has 0 atom stereocenters. The molecule has 8 nitrogen and oxygen atoms in total. The first-order chi connectivity index (χ1) is 14.1. The Labute approximate surface area is 165 Å². The minimum atomic E-state index is -0.331. The molecule has 4 aromatic rings. The average Bonchev–Trinajstić information content (AvgIpc) is 3.16. The second-order valence-electron chi connectivity index (χ2n) is 6.04. The third-order valence-electron chi connectivity index (χ3n) is 4.35. The summed E-state index contributed by atoms with van der Waals surface area (Å²) < 4.78 is 31.4. The van der Waals surface area contributed by atoms with Crippen LogP contribution in [-0.2, 0) is 0 Å². The van der Waals surface area contributed by atoms with E-state index in [0.29, 0.717) is 40.3 Å². The van der Waals surface area contributed by atoms with Crippen LogP contribution >= 0.6 is 0 Å². The summed E-state index contributed by atoms with van der Waals surface area (Å²) in [5.74, 6) is 1.81. The third-order valence-corrected chi connectivity index (χ3v) is 4.35. The van der Waals surface area contributed by atoms with Gasteiger partial charge in [0.1, 0.15) is 12.1 Å². The van der Waals surface area contributed by atoms with Crippen LogP contribution in [0.4, 0.5) is 16.0 Å². The predicted octanol–water partition coefficient (Wildman–Crippen LogP) is 3.72. The van der Waals surface area contributed by atoms with Crippen LogP contribution in [-0.4, -0.2) is 40.8 Å². The Morgan fingerprint density at radius 3 is 2.38 bits per heavy atom. The third kappa shape index (κ3) is 3.49. The molecule has 0 spiro atoms. The Kier molecular flexibility index (Phi) is 4.86. The average molecular weight is 395 g/mol. The monoisotopic (exact) mass is 395 g/mol. The standard InChI is InChI=1S/C20H18FN5O3/c1-27-16-9-14(10-17(28-2)18(16)29-3)24-19-22-11-23-20(25-19)26-7-6-12-4-5-13(21)8-15(12)26/h4-11H,1-3H3,(H,22,23,24,25). The lowest BCUT2D eigenvalue weighted by Crippen LogP contribution is -2.05. The summed E-state index contributed by atoms with van der Waals surface area (Å²) in [6.07, 6.45) is 3.16. The van der Waals surface area contributed by atoms with Crippen molar-refractivity contribution in [3.8, 4) is 23.2 Å². The fourth-order valence-corrected chi connectivity index (χ4v) is 3.02. The molecule has 4 rings (SSSR count). The molecule has 1 N–H and O–H groups in total. The topological polar surface area (TPSA) is 83.3 Å². The fourth-order valence-electron chi connectivity index (χ4n) is 3.02. The van der Waals surface area contributed by atoms with Crippen molar-refractivity contribution in [1.29, 1.82) is 0 Å². The van der Waals surface area contributed by atoms with Crippen LogP contribution in [0.15, 0.2) is 48.9 Å². The summed E-state index contributed by atoms with van der Waals surface area (Å²) in [5, 5.41) is 3.98. The highest BCUT2D eigenvalue weighted by Crippen LogP contribution is 2.40. The van der Waals surface area contributed by atoms with Crippen LogP contribution in [0.1, 0.15) is 0 Å². The number of hydrogen-bond acceptors (Lipinski definition) is 7. The second-order valence-corrected chi connectivity index (χ2v) is 6.04. The first-order valence-corrected chi connectivity index (χ1v) is 8.66. The SMILES string of the molecule is COc1cc(Nc2ncnc(-n3ccc4ccc(F)cc43)n2)cc(OC)c1OC. The number of anilines is 2. The van der Waals surface area contributed by atoms with Crippen molar-refractivity contribution in [2.45, 2.75) is 0 Å². The number of halogens is 1. The minimum absolute atomic E-state index is 0.308. The number of benzene rings is 2. The van der Waals surface area contributed by atoms with Crippen LogP contribution in [0.2, 0.25) is 0 Å². The molecule has 0 amide bonds. The van der Waals surface area contributed by atoms with Gasteiger partial charge in [-0.1, -0.05) is 0 Å². The highest BCUT2D eigenvalue weighted by molar-refractivity contribution is 5.81. The molecular formula is C20H18FN5O3. The molecule has 0 saturated heterocycles. The van der Waals surface area contributed by atoms with E-state index < -0.39 is 0 Å². The molecule has 148 valence electrons. The van der Waals surface area contributed by atoms with E-state index >= 15 is 0 Å². The zero-order valence-electron chi connectivity index (χ0n) is 16.0. The molecule has 0 fully saturated rings. The maximum absolute atomic E-state index is 13.7. The van der Waals surface area contributed by atoms with Crippen LogP contribution in [0, 0.1) is 5.82 Å². The Morgan fingerprint density at radius 2 is 1.69 bits per heavy atom. The minimum Gasteiger partial charge on any atom is -0.493 e. The second kappa shape index (κ2) is 7.63. The highest BCUT2D eigenvalue weighted by Gasteiger charge is 2.14. The molecule has 2 aromatic carbocycles. The molecule has 0 aliphatic rings. The molecular weight excluding hydrogens is 377 g/mol. The van der Waals surface area contributed by atoms with Gasteiger partial charge in [0, 0.05) is 29.4 Å². The maximum Gasteiger partial charge on any atom is 0.238 e. The van der Waals surface area contributed by atoms with Gasteiger partial charge < -0.3 is 19.5 Å². The van der Waals surface area contributed by atoms with E-state index in [4.69, 9.17) is 14.2 Å². The van der Waals surface area contributed by atoms with Gasteiger partial charge in [0.25, 0.3) is 0 Å². The van der Waals surface area contributed by atoms with Crippen molar-refractivity contribution in [1.82, 2.24) is 19.5 Å². The molecule has 0 saturated carbocycles. The van der Waals surface area contributed by atoms with Crippen molar-refractivity contribution in [2.75, 3.05) is 26.6 Å². The van der Waals surface area contributed by atoms with Crippen molar-refractivity contribution < 1.29 is 18.6 Å².